The van der Waals surface area contributed by atoms with Gasteiger partial charge in [-0.1, -0.05) is 6.07 Å². The molecule has 1 fully saturated rings. The summed E-state index contributed by atoms with van der Waals surface area (Å²) in [5, 5.41) is 3.54. The Morgan fingerprint density at radius 3 is 2.95 bits per heavy atom. The number of nitrogens with one attached hydrogen (secondary N) is 1. The predicted octanol–water partition coefficient (Wildman–Crippen LogP) is 1.15. The molecule has 1 N–H and O–H groups in total. The van der Waals surface area contributed by atoms with Crippen molar-refractivity contribution in [1.82, 2.24) is 10.2 Å². The fourth-order valence-corrected chi connectivity index (χ4v) is 2.57. The van der Waals surface area contributed by atoms with Crippen LogP contribution < -0.4 is 10.2 Å². The Morgan fingerprint density at radius 1 is 1.47 bits per heavy atom. The maximum atomic E-state index is 11.0. The van der Waals surface area contributed by atoms with Crippen molar-refractivity contribution in [3.8, 4) is 0 Å². The van der Waals surface area contributed by atoms with E-state index in [1.165, 1.54) is 0 Å². The predicted molar refractivity (Wildman–Crippen MR) is 79.1 cm³/mol. The minimum Gasteiger partial charge on any atom is -0.369 e. The van der Waals surface area contributed by atoms with Gasteiger partial charge < -0.3 is 15.1 Å². The summed E-state index contributed by atoms with van der Waals surface area (Å²) >= 11 is 0. The van der Waals surface area contributed by atoms with E-state index in [2.05, 4.69) is 35.3 Å². The second-order valence-corrected chi connectivity index (χ2v) is 5.52. The van der Waals surface area contributed by atoms with Gasteiger partial charge in [-0.25, -0.2) is 0 Å². The number of anilines is 1. The Hall–Kier alpha value is -1.39. The second kappa shape index (κ2) is 6.17. The lowest BCUT2D eigenvalue weighted by Gasteiger charge is -2.36. The van der Waals surface area contributed by atoms with Crippen LogP contribution >= 0.6 is 0 Å². The molecule has 1 aliphatic rings. The van der Waals surface area contributed by atoms with Crippen LogP contribution in [0.25, 0.3) is 0 Å². The molecule has 0 amide bonds. The molecule has 0 spiro atoms. The van der Waals surface area contributed by atoms with E-state index in [1.54, 1.807) is 0 Å². The van der Waals surface area contributed by atoms with Gasteiger partial charge in [-0.3, -0.25) is 4.79 Å². The summed E-state index contributed by atoms with van der Waals surface area (Å²) in [6.45, 7) is 5.97. The van der Waals surface area contributed by atoms with E-state index in [9.17, 15) is 4.79 Å². The van der Waals surface area contributed by atoms with E-state index in [4.69, 9.17) is 0 Å². The van der Waals surface area contributed by atoms with Crippen molar-refractivity contribution in [2.24, 2.45) is 0 Å². The Kier molecular flexibility index (Phi) is 4.56. The summed E-state index contributed by atoms with van der Waals surface area (Å²) in [5.41, 5.74) is 2.98. The number of rotatable bonds is 4. The van der Waals surface area contributed by atoms with Gasteiger partial charge in [0.2, 0.25) is 0 Å². The Balaban J connectivity index is 2.10. The number of aryl methyl sites for hydroxylation is 1. The molecular weight excluding hydrogens is 238 g/mol. The highest BCUT2D eigenvalue weighted by Crippen LogP contribution is 2.19. The number of nitrogens with zero attached hydrogens (tertiary/aromatic N) is 2. The molecule has 4 nitrogen and oxygen atoms in total. The molecule has 0 bridgehead atoms. The summed E-state index contributed by atoms with van der Waals surface area (Å²) in [7, 11) is 4.19. The molecule has 0 aliphatic carbocycles. The topological polar surface area (TPSA) is 35.6 Å². The molecule has 4 heteroatoms. The molecule has 0 radical (unpaired) electrons. The van der Waals surface area contributed by atoms with Gasteiger partial charge in [-0.15, -0.1) is 0 Å². The average molecular weight is 261 g/mol. The first kappa shape index (κ1) is 14.0. The van der Waals surface area contributed by atoms with Crippen LogP contribution in [-0.4, -0.2) is 57.5 Å². The SMILES string of the molecule is Cc1ccc(N2CCNC(CN(C)C)C2)cc1C=O. The monoisotopic (exact) mass is 261 g/mol. The van der Waals surface area contributed by atoms with Gasteiger partial charge >= 0.3 is 0 Å². The highest BCUT2D eigenvalue weighted by atomic mass is 16.1. The molecule has 1 atom stereocenters. The van der Waals surface area contributed by atoms with Crippen molar-refractivity contribution >= 4 is 12.0 Å². The minimum atomic E-state index is 0.477. The number of benzene rings is 1. The van der Waals surface area contributed by atoms with Crippen LogP contribution in [0.5, 0.6) is 0 Å². The first-order chi connectivity index (χ1) is 9.10. The number of piperazine rings is 1. The van der Waals surface area contributed by atoms with Crippen molar-refractivity contribution in [2.45, 2.75) is 13.0 Å². The number of hydrogen-bond donors (Lipinski definition) is 1. The van der Waals surface area contributed by atoms with E-state index < -0.39 is 0 Å². The number of hydrogen-bond acceptors (Lipinski definition) is 4. The van der Waals surface area contributed by atoms with Gasteiger partial charge in [0.25, 0.3) is 0 Å². The van der Waals surface area contributed by atoms with Crippen molar-refractivity contribution in [3.05, 3.63) is 29.3 Å². The summed E-state index contributed by atoms with van der Waals surface area (Å²) in [6.07, 6.45) is 0.943. The van der Waals surface area contributed by atoms with Crippen molar-refractivity contribution in [1.29, 1.82) is 0 Å². The summed E-state index contributed by atoms with van der Waals surface area (Å²) in [5.74, 6) is 0. The molecule has 2 rings (SSSR count). The molecule has 19 heavy (non-hydrogen) atoms. The Labute approximate surface area is 115 Å². The molecular formula is C15H23N3O. The molecule has 104 valence electrons. The first-order valence-corrected chi connectivity index (χ1v) is 6.79. The number of aldehydes is 1. The molecule has 1 unspecified atom stereocenters. The van der Waals surface area contributed by atoms with Gasteiger partial charge in [0.1, 0.15) is 6.29 Å². The van der Waals surface area contributed by atoms with Crippen LogP contribution in [0.2, 0.25) is 0 Å². The van der Waals surface area contributed by atoms with Gasteiger partial charge in [0.15, 0.2) is 0 Å². The van der Waals surface area contributed by atoms with Crippen LogP contribution in [0.4, 0.5) is 5.69 Å². The smallest absolute Gasteiger partial charge is 0.150 e. The van der Waals surface area contributed by atoms with Crippen LogP contribution in [0.15, 0.2) is 18.2 Å². The highest BCUT2D eigenvalue weighted by Gasteiger charge is 2.20. The van der Waals surface area contributed by atoms with E-state index in [0.717, 1.165) is 49.3 Å². The lowest BCUT2D eigenvalue weighted by molar-refractivity contribution is 0.112. The van der Waals surface area contributed by atoms with E-state index >= 15 is 0 Å². The number of likely N-dealkylation sites (N-methyl/N-ethyl adjacent to an activating group) is 1. The summed E-state index contributed by atoms with van der Waals surface area (Å²) < 4.78 is 0. The standard InChI is InChI=1S/C15H23N3O/c1-12-4-5-15(8-13(12)11-19)18-7-6-16-14(10-18)9-17(2)3/h4-5,8,11,14,16H,6-7,9-10H2,1-3H3. The summed E-state index contributed by atoms with van der Waals surface area (Å²) in [6, 6.07) is 6.62. The van der Waals surface area contributed by atoms with Gasteiger partial charge in [0.05, 0.1) is 0 Å². The van der Waals surface area contributed by atoms with E-state index in [1.807, 2.05) is 19.1 Å². The van der Waals surface area contributed by atoms with Crippen LogP contribution in [-0.2, 0) is 0 Å². The lowest BCUT2D eigenvalue weighted by atomic mass is 10.1. The van der Waals surface area contributed by atoms with Crippen LogP contribution in [0.1, 0.15) is 15.9 Å². The molecule has 0 saturated carbocycles. The zero-order valence-electron chi connectivity index (χ0n) is 12.0. The molecule has 1 heterocycles. The fraction of sp³-hybridized carbons (Fsp3) is 0.533. The van der Waals surface area contributed by atoms with Crippen molar-refractivity contribution < 1.29 is 4.79 Å². The van der Waals surface area contributed by atoms with Gasteiger partial charge in [-0.05, 0) is 38.7 Å². The van der Waals surface area contributed by atoms with E-state index in [-0.39, 0.29) is 0 Å². The third-order valence-corrected chi connectivity index (χ3v) is 3.60. The maximum Gasteiger partial charge on any atom is 0.150 e. The van der Waals surface area contributed by atoms with Gasteiger partial charge in [-0.2, -0.15) is 0 Å². The minimum absolute atomic E-state index is 0.477. The van der Waals surface area contributed by atoms with E-state index in [0.29, 0.717) is 6.04 Å². The zero-order valence-corrected chi connectivity index (χ0v) is 12.0. The Bertz CT molecular complexity index is 445. The molecule has 0 aromatic heterocycles. The molecule has 1 saturated heterocycles. The van der Waals surface area contributed by atoms with Crippen LogP contribution in [0.3, 0.4) is 0 Å². The second-order valence-electron chi connectivity index (χ2n) is 5.52. The third-order valence-electron chi connectivity index (χ3n) is 3.60. The first-order valence-electron chi connectivity index (χ1n) is 6.79. The Morgan fingerprint density at radius 2 is 2.26 bits per heavy atom. The lowest BCUT2D eigenvalue weighted by Crippen LogP contribution is -2.54. The number of carbonyl (C=O) groups is 1. The summed E-state index contributed by atoms with van der Waals surface area (Å²) in [4.78, 5) is 15.6. The number of carbonyl (C=O) groups excluding carboxylic acids is 1. The third kappa shape index (κ3) is 3.55. The normalized spacial score (nSPS) is 19.8. The molecule has 1 aromatic carbocycles. The average Bonchev–Trinajstić information content (AvgIpc) is 2.39. The van der Waals surface area contributed by atoms with Crippen molar-refractivity contribution in [3.63, 3.8) is 0 Å². The van der Waals surface area contributed by atoms with Crippen LogP contribution in [0, 0.1) is 6.92 Å². The zero-order chi connectivity index (χ0) is 13.8. The van der Waals surface area contributed by atoms with Crippen molar-refractivity contribution in [2.75, 3.05) is 45.2 Å². The fourth-order valence-electron chi connectivity index (χ4n) is 2.57. The van der Waals surface area contributed by atoms with Gasteiger partial charge in [0, 0.05) is 43.5 Å². The molecule has 1 aliphatic heterocycles. The highest BCUT2D eigenvalue weighted by molar-refractivity contribution is 5.79. The quantitative estimate of drug-likeness (QED) is 0.825. The largest absolute Gasteiger partial charge is 0.369 e. The maximum absolute atomic E-state index is 11.0. The molecule has 1 aromatic rings.